The van der Waals surface area contributed by atoms with Crippen molar-refractivity contribution in [1.82, 2.24) is 4.90 Å². The van der Waals surface area contributed by atoms with Crippen LogP contribution in [0.25, 0.3) is 0 Å². The van der Waals surface area contributed by atoms with E-state index in [2.05, 4.69) is 6.92 Å². The fourth-order valence-corrected chi connectivity index (χ4v) is 4.42. The van der Waals surface area contributed by atoms with E-state index in [4.69, 9.17) is 11.6 Å². The summed E-state index contributed by atoms with van der Waals surface area (Å²) < 4.78 is 25.6. The van der Waals surface area contributed by atoms with Crippen LogP contribution in [-0.4, -0.2) is 44.6 Å². The number of nitrogens with zero attached hydrogens (tertiary/aromatic N) is 2. The number of sulfonamides is 1. The van der Waals surface area contributed by atoms with Gasteiger partial charge in [0.15, 0.2) is 0 Å². The lowest BCUT2D eigenvalue weighted by Crippen LogP contribution is -2.51. The molecule has 5 nitrogen and oxygen atoms in total. The second kappa shape index (κ2) is 7.09. The lowest BCUT2D eigenvalue weighted by atomic mass is 10.00. The SMILES string of the molecule is C[C@H]1CCCN(C(=O)[C@H](C)N(c2cccc(Cl)c2)S(C)(=O)=O)C1. The predicted octanol–water partition coefficient (Wildman–Crippen LogP) is 2.75. The molecule has 1 fully saturated rings. The normalized spacial score (nSPS) is 20.2. The number of halogens is 1. The maximum absolute atomic E-state index is 12.8. The van der Waals surface area contributed by atoms with Gasteiger partial charge in [0.25, 0.3) is 0 Å². The maximum Gasteiger partial charge on any atom is 0.246 e. The number of carbonyl (C=O) groups is 1. The standard InChI is InChI=1S/C16H23ClN2O3S/c1-12-6-5-9-18(11-12)16(20)13(2)19(23(3,21)22)15-8-4-7-14(17)10-15/h4,7-8,10,12-13H,5-6,9,11H2,1-3H3/t12-,13-/m0/s1. The van der Waals surface area contributed by atoms with Crippen LogP contribution in [0.3, 0.4) is 0 Å². The number of hydrogen-bond acceptors (Lipinski definition) is 3. The molecule has 1 aromatic rings. The van der Waals surface area contributed by atoms with Crippen LogP contribution in [0.2, 0.25) is 5.02 Å². The van der Waals surface area contributed by atoms with Gasteiger partial charge in [-0.25, -0.2) is 8.42 Å². The molecular weight excluding hydrogens is 336 g/mol. The zero-order chi connectivity index (χ0) is 17.2. The molecule has 0 N–H and O–H groups in total. The van der Waals surface area contributed by atoms with E-state index in [0.717, 1.165) is 23.4 Å². The average Bonchev–Trinajstić information content (AvgIpc) is 2.45. The first-order valence-corrected chi connectivity index (χ1v) is 9.96. The molecule has 0 unspecified atom stereocenters. The van der Waals surface area contributed by atoms with Gasteiger partial charge in [-0.15, -0.1) is 0 Å². The third-order valence-corrected chi connectivity index (χ3v) is 5.57. The van der Waals surface area contributed by atoms with Crippen LogP contribution in [0.5, 0.6) is 0 Å². The highest BCUT2D eigenvalue weighted by atomic mass is 35.5. The van der Waals surface area contributed by atoms with Gasteiger partial charge in [-0.05, 0) is 43.9 Å². The third-order valence-electron chi connectivity index (χ3n) is 4.10. The molecule has 0 radical (unpaired) electrons. The number of hydrogen-bond donors (Lipinski definition) is 0. The highest BCUT2D eigenvalue weighted by molar-refractivity contribution is 7.92. The Morgan fingerprint density at radius 3 is 2.70 bits per heavy atom. The lowest BCUT2D eigenvalue weighted by molar-refractivity contribution is -0.133. The van der Waals surface area contributed by atoms with Crippen LogP contribution in [-0.2, 0) is 14.8 Å². The van der Waals surface area contributed by atoms with Gasteiger partial charge >= 0.3 is 0 Å². The molecule has 2 atom stereocenters. The smallest absolute Gasteiger partial charge is 0.246 e. The van der Waals surface area contributed by atoms with Gasteiger partial charge in [0.2, 0.25) is 15.9 Å². The highest BCUT2D eigenvalue weighted by Crippen LogP contribution is 2.26. The molecule has 1 aromatic carbocycles. The molecule has 1 aliphatic rings. The molecule has 0 aromatic heterocycles. The first-order valence-electron chi connectivity index (χ1n) is 7.74. The van der Waals surface area contributed by atoms with Gasteiger partial charge in [-0.1, -0.05) is 24.6 Å². The van der Waals surface area contributed by atoms with E-state index in [0.29, 0.717) is 29.7 Å². The van der Waals surface area contributed by atoms with Crippen molar-refractivity contribution >= 4 is 33.2 Å². The summed E-state index contributed by atoms with van der Waals surface area (Å²) in [5.41, 5.74) is 0.408. The molecule has 0 aliphatic carbocycles. The van der Waals surface area contributed by atoms with E-state index in [-0.39, 0.29) is 5.91 Å². The van der Waals surface area contributed by atoms with Crippen molar-refractivity contribution in [1.29, 1.82) is 0 Å². The maximum atomic E-state index is 12.8. The molecule has 2 rings (SSSR count). The molecule has 0 saturated carbocycles. The predicted molar refractivity (Wildman–Crippen MR) is 93.2 cm³/mol. The Balaban J connectivity index is 2.30. The van der Waals surface area contributed by atoms with Crippen molar-refractivity contribution in [2.45, 2.75) is 32.7 Å². The van der Waals surface area contributed by atoms with Crippen molar-refractivity contribution in [3.8, 4) is 0 Å². The molecule has 128 valence electrons. The number of carbonyl (C=O) groups excluding carboxylic acids is 1. The van der Waals surface area contributed by atoms with Crippen LogP contribution >= 0.6 is 11.6 Å². The van der Waals surface area contributed by atoms with Crippen LogP contribution < -0.4 is 4.31 Å². The summed E-state index contributed by atoms with van der Waals surface area (Å²) in [5.74, 6) is 0.278. The fourth-order valence-electron chi connectivity index (χ4n) is 3.07. The Morgan fingerprint density at radius 2 is 2.13 bits per heavy atom. The molecule has 0 bridgehead atoms. The van der Waals surface area contributed by atoms with Crippen LogP contribution in [0.4, 0.5) is 5.69 Å². The van der Waals surface area contributed by atoms with Gasteiger partial charge in [0.05, 0.1) is 11.9 Å². The van der Waals surface area contributed by atoms with Gasteiger partial charge in [0.1, 0.15) is 6.04 Å². The first kappa shape index (κ1) is 18.1. The summed E-state index contributed by atoms with van der Waals surface area (Å²) in [5, 5.41) is 0.433. The minimum Gasteiger partial charge on any atom is -0.341 e. The van der Waals surface area contributed by atoms with E-state index in [1.807, 2.05) is 0 Å². The number of rotatable bonds is 4. The minimum atomic E-state index is -3.60. The van der Waals surface area contributed by atoms with Crippen LogP contribution in [0.1, 0.15) is 26.7 Å². The minimum absolute atomic E-state index is 0.165. The Kier molecular flexibility index (Phi) is 5.57. The lowest BCUT2D eigenvalue weighted by Gasteiger charge is -2.36. The summed E-state index contributed by atoms with van der Waals surface area (Å²) in [7, 11) is -3.60. The molecule has 7 heteroatoms. The first-order chi connectivity index (χ1) is 10.7. The van der Waals surface area contributed by atoms with Gasteiger partial charge in [0, 0.05) is 18.1 Å². The quantitative estimate of drug-likeness (QED) is 0.831. The third kappa shape index (κ3) is 4.38. The highest BCUT2D eigenvalue weighted by Gasteiger charge is 2.33. The summed E-state index contributed by atoms with van der Waals surface area (Å²) in [4.78, 5) is 14.5. The van der Waals surface area contributed by atoms with E-state index in [1.165, 1.54) is 0 Å². The molecule has 0 spiro atoms. The summed E-state index contributed by atoms with van der Waals surface area (Å²) >= 11 is 5.97. The Labute approximate surface area is 143 Å². The molecule has 23 heavy (non-hydrogen) atoms. The Hall–Kier alpha value is -1.27. The molecule has 1 amide bonds. The Morgan fingerprint density at radius 1 is 1.43 bits per heavy atom. The summed E-state index contributed by atoms with van der Waals surface area (Å²) in [6, 6.07) is 5.76. The van der Waals surface area contributed by atoms with E-state index in [9.17, 15) is 13.2 Å². The second-order valence-corrected chi connectivity index (χ2v) is 8.54. The number of amides is 1. The topological polar surface area (TPSA) is 57.7 Å². The number of benzene rings is 1. The largest absolute Gasteiger partial charge is 0.341 e. The van der Waals surface area contributed by atoms with Crippen molar-refractivity contribution in [2.75, 3.05) is 23.7 Å². The van der Waals surface area contributed by atoms with Crippen molar-refractivity contribution in [3.05, 3.63) is 29.3 Å². The zero-order valence-corrected chi connectivity index (χ0v) is 15.3. The van der Waals surface area contributed by atoms with E-state index < -0.39 is 16.1 Å². The number of piperidine rings is 1. The second-order valence-electron chi connectivity index (χ2n) is 6.25. The molecule has 1 heterocycles. The van der Waals surface area contributed by atoms with Crippen LogP contribution in [0.15, 0.2) is 24.3 Å². The average molecular weight is 359 g/mol. The van der Waals surface area contributed by atoms with Crippen molar-refractivity contribution in [3.63, 3.8) is 0 Å². The molecule has 1 saturated heterocycles. The summed E-state index contributed by atoms with van der Waals surface area (Å²) in [6.07, 6.45) is 3.16. The number of likely N-dealkylation sites (tertiary alicyclic amines) is 1. The molecule has 1 aliphatic heterocycles. The van der Waals surface area contributed by atoms with Crippen molar-refractivity contribution < 1.29 is 13.2 Å². The Bertz CT molecular complexity index is 678. The van der Waals surface area contributed by atoms with Gasteiger partial charge in [-0.2, -0.15) is 0 Å². The van der Waals surface area contributed by atoms with Gasteiger partial charge in [-0.3, -0.25) is 9.10 Å². The molecular formula is C16H23ClN2O3S. The van der Waals surface area contributed by atoms with Crippen molar-refractivity contribution in [2.24, 2.45) is 5.92 Å². The fraction of sp³-hybridized carbons (Fsp3) is 0.562. The number of anilines is 1. The zero-order valence-electron chi connectivity index (χ0n) is 13.7. The van der Waals surface area contributed by atoms with Crippen LogP contribution in [0, 0.1) is 5.92 Å². The van der Waals surface area contributed by atoms with E-state index >= 15 is 0 Å². The van der Waals surface area contributed by atoms with Gasteiger partial charge < -0.3 is 4.90 Å². The van der Waals surface area contributed by atoms with E-state index in [1.54, 1.807) is 36.1 Å². The summed E-state index contributed by atoms with van der Waals surface area (Å²) in [6.45, 7) is 5.09. The monoisotopic (exact) mass is 358 g/mol.